The van der Waals surface area contributed by atoms with E-state index in [0.29, 0.717) is 5.56 Å². The highest BCUT2D eigenvalue weighted by molar-refractivity contribution is 6.28. The predicted octanol–water partition coefficient (Wildman–Crippen LogP) is 0.623. The van der Waals surface area contributed by atoms with Crippen LogP contribution in [-0.4, -0.2) is 17.0 Å². The number of rotatable bonds is 0. The molecule has 0 aliphatic heterocycles. The molecule has 4 heteroatoms. The first-order valence-corrected chi connectivity index (χ1v) is 3.70. The third kappa shape index (κ3) is 2.99. The van der Waals surface area contributed by atoms with Crippen LogP contribution in [0.5, 0.6) is 0 Å². The molecule has 0 bridgehead atoms. The van der Waals surface area contributed by atoms with Gasteiger partial charge in [0.1, 0.15) is 6.11 Å². The highest BCUT2D eigenvalue weighted by atomic mass is 16.6. The summed E-state index contributed by atoms with van der Waals surface area (Å²) in [5, 5.41) is 8.14. The number of ether oxygens (including phenoxy) is 1. The molecule has 70 valence electrons. The first-order valence-electron chi connectivity index (χ1n) is 3.70. The molecule has 0 radical (unpaired) electrons. The number of carboxylic acids is 1. The van der Waals surface area contributed by atoms with Gasteiger partial charge in [-0.1, -0.05) is 18.2 Å². The molecule has 4 nitrogen and oxygen atoms in total. The van der Waals surface area contributed by atoms with E-state index in [1.54, 1.807) is 24.3 Å². The molecule has 0 aliphatic rings. The van der Waals surface area contributed by atoms with Crippen LogP contribution in [0.25, 0.3) is 0 Å². The average Bonchev–Trinajstić information content (AvgIpc) is 2.19. The largest absolute Gasteiger partial charge is 0.473 e. The van der Waals surface area contributed by atoms with Crippen molar-refractivity contribution in [2.24, 2.45) is 0 Å². The van der Waals surface area contributed by atoms with Crippen LogP contribution in [0.15, 0.2) is 30.3 Å². The van der Waals surface area contributed by atoms with Crippen molar-refractivity contribution < 1.29 is 19.4 Å². The molecule has 1 aromatic rings. The Bertz CT molecular complexity index is 397. The Labute approximate surface area is 80.1 Å². The zero-order chi connectivity index (χ0) is 10.4. The van der Waals surface area contributed by atoms with Gasteiger partial charge in [0.2, 0.25) is 0 Å². The van der Waals surface area contributed by atoms with Crippen LogP contribution in [0, 0.1) is 12.0 Å². The lowest BCUT2D eigenvalue weighted by atomic mass is 10.2. The third-order valence-corrected chi connectivity index (χ3v) is 1.29. The summed E-state index contributed by atoms with van der Waals surface area (Å²) in [4.78, 5) is 20.4. The fourth-order valence-electron chi connectivity index (χ4n) is 0.696. The van der Waals surface area contributed by atoms with Crippen LogP contribution in [0.3, 0.4) is 0 Å². The third-order valence-electron chi connectivity index (χ3n) is 1.29. The summed E-state index contributed by atoms with van der Waals surface area (Å²) >= 11 is 0. The van der Waals surface area contributed by atoms with Crippen molar-refractivity contribution in [3.63, 3.8) is 0 Å². The highest BCUT2D eigenvalue weighted by Crippen LogP contribution is 1.94. The van der Waals surface area contributed by atoms with E-state index in [0.717, 1.165) is 0 Å². The number of aliphatic carboxylic acids is 1. The standard InChI is InChI=1S/C10H6O4/c11-9(12)10(13)14-7-6-8-4-2-1-3-5-8/h1-5H,(H,11,12). The van der Waals surface area contributed by atoms with E-state index in [1.807, 2.05) is 12.2 Å². The molecule has 0 saturated heterocycles. The summed E-state index contributed by atoms with van der Waals surface area (Å²) in [6, 6.07) is 8.77. The topological polar surface area (TPSA) is 63.6 Å². The second kappa shape index (κ2) is 4.67. The maximum Gasteiger partial charge on any atom is 0.431 e. The van der Waals surface area contributed by atoms with Gasteiger partial charge in [-0.15, -0.1) is 0 Å². The zero-order valence-electron chi connectivity index (χ0n) is 7.06. The van der Waals surface area contributed by atoms with E-state index in [1.165, 1.54) is 0 Å². The lowest BCUT2D eigenvalue weighted by molar-refractivity contribution is -0.159. The van der Waals surface area contributed by atoms with E-state index >= 15 is 0 Å². The van der Waals surface area contributed by atoms with E-state index in [9.17, 15) is 9.59 Å². The number of benzene rings is 1. The summed E-state index contributed by atoms with van der Waals surface area (Å²) in [5.74, 6) is -0.567. The van der Waals surface area contributed by atoms with Gasteiger partial charge in [-0.05, 0) is 18.1 Å². The quantitative estimate of drug-likeness (QED) is 0.370. The molecule has 0 saturated carbocycles. The van der Waals surface area contributed by atoms with Gasteiger partial charge in [0.05, 0.1) is 0 Å². The molecule has 0 aliphatic carbocycles. The monoisotopic (exact) mass is 190 g/mol. The normalized spacial score (nSPS) is 8.29. The summed E-state index contributed by atoms with van der Waals surface area (Å²) in [6.45, 7) is 0. The Kier molecular flexibility index (Phi) is 3.27. The summed E-state index contributed by atoms with van der Waals surface area (Å²) < 4.78 is 4.11. The van der Waals surface area contributed by atoms with Gasteiger partial charge in [-0.3, -0.25) is 0 Å². The lowest BCUT2D eigenvalue weighted by Gasteiger charge is -1.87. The summed E-state index contributed by atoms with van der Waals surface area (Å²) in [7, 11) is 0. The Hall–Kier alpha value is -2.28. The molecule has 1 aromatic carbocycles. The van der Waals surface area contributed by atoms with Crippen molar-refractivity contribution in [3.05, 3.63) is 35.9 Å². The molecular formula is C10H6O4. The molecule has 0 spiro atoms. The van der Waals surface area contributed by atoms with Crippen LogP contribution in [0.1, 0.15) is 5.56 Å². The Morgan fingerprint density at radius 3 is 2.43 bits per heavy atom. The minimum atomic E-state index is -1.66. The van der Waals surface area contributed by atoms with Gasteiger partial charge >= 0.3 is 11.9 Å². The molecule has 1 N–H and O–H groups in total. The molecule has 0 amide bonds. The van der Waals surface area contributed by atoms with Gasteiger partial charge in [-0.25, -0.2) is 9.59 Å². The Morgan fingerprint density at radius 1 is 1.21 bits per heavy atom. The smallest absolute Gasteiger partial charge is 0.431 e. The molecule has 0 atom stereocenters. The van der Waals surface area contributed by atoms with Crippen molar-refractivity contribution in [1.82, 2.24) is 0 Å². The van der Waals surface area contributed by atoms with E-state index in [2.05, 4.69) is 10.7 Å². The van der Waals surface area contributed by atoms with Crippen molar-refractivity contribution >= 4 is 11.9 Å². The maximum atomic E-state index is 10.4. The van der Waals surface area contributed by atoms with E-state index < -0.39 is 11.9 Å². The zero-order valence-corrected chi connectivity index (χ0v) is 7.06. The van der Waals surface area contributed by atoms with Crippen LogP contribution < -0.4 is 0 Å². The van der Waals surface area contributed by atoms with Crippen LogP contribution in [0.2, 0.25) is 0 Å². The highest BCUT2D eigenvalue weighted by Gasteiger charge is 2.10. The summed E-state index contributed by atoms with van der Waals surface area (Å²) in [5.41, 5.74) is 0.644. The fraction of sp³-hybridized carbons (Fsp3) is 0. The van der Waals surface area contributed by atoms with Crippen molar-refractivity contribution in [1.29, 1.82) is 0 Å². The number of hydrogen-bond donors (Lipinski definition) is 1. The number of esters is 1. The maximum absolute atomic E-state index is 10.4. The van der Waals surface area contributed by atoms with Gasteiger partial charge in [-0.2, -0.15) is 0 Å². The SMILES string of the molecule is O=C(O)C(=O)OC#Cc1ccccc1. The van der Waals surface area contributed by atoms with Gasteiger partial charge in [0.25, 0.3) is 0 Å². The molecule has 0 fully saturated rings. The van der Waals surface area contributed by atoms with Gasteiger partial charge in [0, 0.05) is 5.56 Å². The number of carboxylic acid groups (broad SMARTS) is 1. The first kappa shape index (κ1) is 9.81. The van der Waals surface area contributed by atoms with Gasteiger partial charge < -0.3 is 9.84 Å². The number of hydrogen-bond acceptors (Lipinski definition) is 3. The average molecular weight is 190 g/mol. The molecule has 14 heavy (non-hydrogen) atoms. The second-order valence-electron chi connectivity index (χ2n) is 2.29. The molecule has 0 aromatic heterocycles. The van der Waals surface area contributed by atoms with Crippen molar-refractivity contribution in [2.75, 3.05) is 0 Å². The minimum absolute atomic E-state index is 0.644. The Morgan fingerprint density at radius 2 is 1.86 bits per heavy atom. The number of carbonyl (C=O) groups is 2. The molecule has 0 unspecified atom stereocenters. The molecular weight excluding hydrogens is 184 g/mol. The van der Waals surface area contributed by atoms with E-state index in [4.69, 9.17) is 5.11 Å². The second-order valence-corrected chi connectivity index (χ2v) is 2.29. The van der Waals surface area contributed by atoms with Crippen LogP contribution in [0.4, 0.5) is 0 Å². The van der Waals surface area contributed by atoms with Gasteiger partial charge in [0.15, 0.2) is 0 Å². The van der Waals surface area contributed by atoms with E-state index in [-0.39, 0.29) is 0 Å². The fourth-order valence-corrected chi connectivity index (χ4v) is 0.696. The lowest BCUT2D eigenvalue weighted by Crippen LogP contribution is -2.13. The van der Waals surface area contributed by atoms with Crippen LogP contribution >= 0.6 is 0 Å². The minimum Gasteiger partial charge on any atom is -0.473 e. The van der Waals surface area contributed by atoms with Crippen LogP contribution in [-0.2, 0) is 14.3 Å². The van der Waals surface area contributed by atoms with Crippen molar-refractivity contribution in [3.8, 4) is 12.0 Å². The molecule has 0 heterocycles. The predicted molar refractivity (Wildman–Crippen MR) is 47.0 cm³/mol. The van der Waals surface area contributed by atoms with Crippen molar-refractivity contribution in [2.45, 2.75) is 0 Å². The molecule has 1 rings (SSSR count). The first-order chi connectivity index (χ1) is 6.70. The Balaban J connectivity index is 2.58. The summed E-state index contributed by atoms with van der Waals surface area (Å²) in [6.07, 6.45) is 2.00. The number of carbonyl (C=O) groups excluding carboxylic acids is 1.